The number of hydrogen-bond donors (Lipinski definition) is 0. The molecule has 1 aliphatic heterocycles. The van der Waals surface area contributed by atoms with E-state index in [4.69, 9.17) is 0 Å². The van der Waals surface area contributed by atoms with E-state index in [1.54, 1.807) is 0 Å². The second-order valence-corrected chi connectivity index (χ2v) is 3.50. The van der Waals surface area contributed by atoms with Gasteiger partial charge in [-0.25, -0.2) is 0 Å². The van der Waals surface area contributed by atoms with Crippen LogP contribution in [0.15, 0.2) is 16.6 Å². The molecule has 0 unspecified atom stereocenters. The zero-order valence-electron chi connectivity index (χ0n) is 6.61. The number of aliphatic imine (C=N–C) groups is 1. The van der Waals surface area contributed by atoms with Crippen LogP contribution in [0.3, 0.4) is 0 Å². The molecule has 0 aromatic rings. The number of nitrogens with zero attached hydrogens (tertiary/aromatic N) is 1. The van der Waals surface area contributed by atoms with Gasteiger partial charge in [0.1, 0.15) is 0 Å². The minimum Gasteiger partial charge on any atom is -0.253 e. The zero-order chi connectivity index (χ0) is 7.78. The molecule has 1 nitrogen and oxygen atoms in total. The van der Waals surface area contributed by atoms with Crippen molar-refractivity contribution in [2.45, 2.75) is 20.8 Å². The largest absolute Gasteiger partial charge is 0.253 e. The molecule has 0 bridgehead atoms. The van der Waals surface area contributed by atoms with Crippen molar-refractivity contribution >= 4 is 5.97 Å². The maximum absolute atomic E-state index is 12.8. The standard InChI is InChI=1S/C8H12FN/c1-8(2,3)6-4-5-10-7(6)9/h4H,5H2,1-3H3. The molecular weight excluding hydrogens is 129 g/mol. The lowest BCUT2D eigenvalue weighted by atomic mass is 9.87. The number of allylic oxidation sites excluding steroid dienone is 1. The maximum atomic E-state index is 12.8. The van der Waals surface area contributed by atoms with Gasteiger partial charge in [-0.2, -0.15) is 4.39 Å². The number of hydrogen-bond acceptors (Lipinski definition) is 1. The molecule has 0 amide bonds. The molecule has 0 radical (unpaired) electrons. The molecule has 1 aliphatic rings. The van der Waals surface area contributed by atoms with E-state index in [-0.39, 0.29) is 11.4 Å². The summed E-state index contributed by atoms with van der Waals surface area (Å²) in [5, 5.41) is 0. The Morgan fingerprint density at radius 2 is 2.10 bits per heavy atom. The Kier molecular flexibility index (Phi) is 1.63. The average Bonchev–Trinajstić information content (AvgIpc) is 2.11. The van der Waals surface area contributed by atoms with E-state index in [0.29, 0.717) is 6.54 Å². The molecule has 56 valence electrons. The van der Waals surface area contributed by atoms with Crippen molar-refractivity contribution < 1.29 is 4.39 Å². The third-order valence-electron chi connectivity index (χ3n) is 1.56. The van der Waals surface area contributed by atoms with Gasteiger partial charge in [-0.15, -0.1) is 0 Å². The zero-order valence-corrected chi connectivity index (χ0v) is 6.61. The first-order valence-corrected chi connectivity index (χ1v) is 3.43. The highest BCUT2D eigenvalue weighted by Gasteiger charge is 2.23. The van der Waals surface area contributed by atoms with E-state index in [1.165, 1.54) is 0 Å². The quantitative estimate of drug-likeness (QED) is 0.491. The molecular formula is C8H12FN. The van der Waals surface area contributed by atoms with E-state index in [2.05, 4.69) is 4.99 Å². The summed E-state index contributed by atoms with van der Waals surface area (Å²) >= 11 is 0. The van der Waals surface area contributed by atoms with Crippen LogP contribution in [-0.4, -0.2) is 12.5 Å². The third kappa shape index (κ3) is 1.25. The smallest absolute Gasteiger partial charge is 0.212 e. The molecule has 0 N–H and O–H groups in total. The van der Waals surface area contributed by atoms with E-state index in [1.807, 2.05) is 26.8 Å². The summed E-state index contributed by atoms with van der Waals surface area (Å²) in [4.78, 5) is 3.64. The van der Waals surface area contributed by atoms with Crippen LogP contribution in [0.1, 0.15) is 20.8 Å². The summed E-state index contributed by atoms with van der Waals surface area (Å²) in [6, 6.07) is 0. The van der Waals surface area contributed by atoms with E-state index in [9.17, 15) is 4.39 Å². The first-order chi connectivity index (χ1) is 4.52. The molecule has 1 heterocycles. The van der Waals surface area contributed by atoms with Gasteiger partial charge >= 0.3 is 0 Å². The van der Waals surface area contributed by atoms with Gasteiger partial charge in [0, 0.05) is 5.57 Å². The van der Waals surface area contributed by atoms with Gasteiger partial charge in [0.2, 0.25) is 5.97 Å². The first-order valence-electron chi connectivity index (χ1n) is 3.43. The molecule has 0 fully saturated rings. The molecule has 0 atom stereocenters. The highest BCUT2D eigenvalue weighted by molar-refractivity contribution is 5.95. The Hall–Kier alpha value is -0.660. The summed E-state index contributed by atoms with van der Waals surface area (Å²) in [7, 11) is 0. The molecule has 2 heteroatoms. The molecule has 0 aromatic heterocycles. The van der Waals surface area contributed by atoms with E-state index in [0.717, 1.165) is 5.57 Å². The fourth-order valence-electron chi connectivity index (χ4n) is 1.00. The normalized spacial score (nSPS) is 18.8. The van der Waals surface area contributed by atoms with Crippen LogP contribution in [0.5, 0.6) is 0 Å². The fraction of sp³-hybridized carbons (Fsp3) is 0.625. The van der Waals surface area contributed by atoms with E-state index < -0.39 is 0 Å². The fourth-order valence-corrected chi connectivity index (χ4v) is 1.00. The van der Waals surface area contributed by atoms with Crippen molar-refractivity contribution in [1.82, 2.24) is 0 Å². The van der Waals surface area contributed by atoms with Gasteiger partial charge in [-0.3, -0.25) is 4.99 Å². The van der Waals surface area contributed by atoms with Gasteiger partial charge in [0.25, 0.3) is 0 Å². The average molecular weight is 141 g/mol. The summed E-state index contributed by atoms with van der Waals surface area (Å²) in [6.45, 7) is 6.47. The van der Waals surface area contributed by atoms with Crippen LogP contribution < -0.4 is 0 Å². The van der Waals surface area contributed by atoms with Gasteiger partial charge in [-0.05, 0) is 5.41 Å². The van der Waals surface area contributed by atoms with E-state index >= 15 is 0 Å². The van der Waals surface area contributed by atoms with Crippen molar-refractivity contribution in [3.63, 3.8) is 0 Å². The topological polar surface area (TPSA) is 12.4 Å². The van der Waals surface area contributed by atoms with Crippen LogP contribution in [0, 0.1) is 5.41 Å². The Balaban J connectivity index is 2.85. The summed E-state index contributed by atoms with van der Waals surface area (Å²) in [5.74, 6) is -0.285. The van der Waals surface area contributed by atoms with Gasteiger partial charge in [-0.1, -0.05) is 26.8 Å². The lowest BCUT2D eigenvalue weighted by molar-refractivity contribution is 0.515. The van der Waals surface area contributed by atoms with Crippen LogP contribution in [0.25, 0.3) is 0 Å². The second-order valence-electron chi connectivity index (χ2n) is 3.50. The molecule has 1 rings (SSSR count). The van der Waals surface area contributed by atoms with Crippen molar-refractivity contribution in [3.05, 3.63) is 11.6 Å². The van der Waals surface area contributed by atoms with Gasteiger partial charge in [0.05, 0.1) is 6.54 Å². The van der Waals surface area contributed by atoms with Crippen LogP contribution in [-0.2, 0) is 0 Å². The monoisotopic (exact) mass is 141 g/mol. The van der Waals surface area contributed by atoms with Crippen molar-refractivity contribution in [2.24, 2.45) is 10.4 Å². The Bertz CT molecular complexity index is 196. The molecule has 0 aliphatic carbocycles. The SMILES string of the molecule is CC(C)(C)C1=CCN=C1F. The highest BCUT2D eigenvalue weighted by atomic mass is 19.1. The van der Waals surface area contributed by atoms with Crippen LogP contribution in [0.2, 0.25) is 0 Å². The van der Waals surface area contributed by atoms with Crippen molar-refractivity contribution in [2.75, 3.05) is 6.54 Å². The molecule has 10 heavy (non-hydrogen) atoms. The highest BCUT2D eigenvalue weighted by Crippen LogP contribution is 2.28. The van der Waals surface area contributed by atoms with Crippen molar-refractivity contribution in [3.8, 4) is 0 Å². The second kappa shape index (κ2) is 2.19. The Labute approximate surface area is 60.7 Å². The lowest BCUT2D eigenvalue weighted by Crippen LogP contribution is -2.12. The van der Waals surface area contributed by atoms with Crippen LogP contribution in [0.4, 0.5) is 4.39 Å². The molecule has 0 aromatic carbocycles. The number of halogens is 1. The summed E-state index contributed by atoms with van der Waals surface area (Å²) in [6.07, 6.45) is 1.84. The molecule has 0 saturated heterocycles. The predicted molar refractivity (Wildman–Crippen MR) is 40.9 cm³/mol. The van der Waals surface area contributed by atoms with Gasteiger partial charge in [0.15, 0.2) is 0 Å². The summed E-state index contributed by atoms with van der Waals surface area (Å²) < 4.78 is 12.8. The maximum Gasteiger partial charge on any atom is 0.212 e. The predicted octanol–water partition coefficient (Wildman–Crippen LogP) is 2.34. The Morgan fingerprint density at radius 3 is 2.30 bits per heavy atom. The minimum absolute atomic E-state index is 0.0932. The van der Waals surface area contributed by atoms with Gasteiger partial charge < -0.3 is 0 Å². The first kappa shape index (κ1) is 7.45. The van der Waals surface area contributed by atoms with Crippen molar-refractivity contribution in [1.29, 1.82) is 0 Å². The minimum atomic E-state index is -0.285. The Morgan fingerprint density at radius 1 is 1.50 bits per heavy atom. The van der Waals surface area contributed by atoms with Crippen LogP contribution >= 0.6 is 0 Å². The summed E-state index contributed by atoms with van der Waals surface area (Å²) in [5.41, 5.74) is 0.650. The molecule has 0 saturated carbocycles. The lowest BCUT2D eigenvalue weighted by Gasteiger charge is -2.18. The number of rotatable bonds is 0. The molecule has 0 spiro atoms. The third-order valence-corrected chi connectivity index (χ3v) is 1.56.